The molecule has 4 rings (SSSR count). The van der Waals surface area contributed by atoms with Gasteiger partial charge >= 0.3 is 37.4 Å². The monoisotopic (exact) mass is 373 g/mol. The summed E-state index contributed by atoms with van der Waals surface area (Å²) < 4.78 is 26.8. The summed E-state index contributed by atoms with van der Waals surface area (Å²) >= 11 is 0. The van der Waals surface area contributed by atoms with Gasteiger partial charge < -0.3 is 19.8 Å². The zero-order chi connectivity index (χ0) is 16.4. The van der Waals surface area contributed by atoms with Crippen LogP contribution in [0.15, 0.2) is 4.99 Å². The molecule has 14 heteroatoms. The number of rotatable bonds is 1. The van der Waals surface area contributed by atoms with E-state index in [1.165, 1.54) is 0 Å². The minimum Gasteiger partial charge on any atom is -0.861 e. The number of nitrogens with two attached hydrogens (primary N) is 1. The largest absolute Gasteiger partial charge is 1.00 e. The van der Waals surface area contributed by atoms with E-state index in [-0.39, 0.29) is 48.7 Å². The minimum absolute atomic E-state index is 0. The standard InChI is InChI=1S/C10H18N5O7P.Na/c11-10-13-7-4(8(17)14-10)12-2-15(7)9-5(16)6-3(21-9)1-20-23(18,19)22-6;/h3-7,9-10,12-13,16H,1-2,11H2,(H,14,17)(H,18,19);/q;+1/p-1/t3-,4?,5-,6-,7?,9-,10?;/m1./s1. The normalized spacial score (nSPS) is 51.5. The maximum atomic E-state index is 11.9. The van der Waals surface area contributed by atoms with E-state index in [2.05, 4.69) is 15.6 Å². The van der Waals surface area contributed by atoms with Gasteiger partial charge in [0.1, 0.15) is 24.5 Å². The third kappa shape index (κ3) is 3.21. The maximum absolute atomic E-state index is 11.9. The number of aliphatic hydroxyl groups excluding tert-OH is 1. The quantitative estimate of drug-likeness (QED) is 0.218. The number of phosphoric acid groups is 1. The van der Waals surface area contributed by atoms with Crippen LogP contribution in [0.5, 0.6) is 0 Å². The molecule has 6 N–H and O–H groups in total. The Labute approximate surface area is 159 Å². The van der Waals surface area contributed by atoms with Crippen molar-refractivity contribution in [3.05, 3.63) is 0 Å². The van der Waals surface area contributed by atoms with E-state index in [1.54, 1.807) is 4.90 Å². The molecule has 0 bridgehead atoms. The van der Waals surface area contributed by atoms with Crippen molar-refractivity contribution < 1.29 is 63.0 Å². The summed E-state index contributed by atoms with van der Waals surface area (Å²) in [7, 11) is -4.18. The summed E-state index contributed by atoms with van der Waals surface area (Å²) in [5.41, 5.74) is 5.66. The van der Waals surface area contributed by atoms with E-state index in [9.17, 15) is 19.7 Å². The van der Waals surface area contributed by atoms with Gasteiger partial charge in [-0.15, -0.1) is 0 Å². The zero-order valence-electron chi connectivity index (χ0n) is 12.8. The van der Waals surface area contributed by atoms with Crippen molar-refractivity contribution in [3.63, 3.8) is 0 Å². The third-order valence-corrected chi connectivity index (χ3v) is 5.32. The topological polar surface area (TPSA) is 174 Å². The van der Waals surface area contributed by atoms with Gasteiger partial charge in [-0.1, -0.05) is 0 Å². The average molecular weight is 373 g/mol. The predicted molar refractivity (Wildman–Crippen MR) is 71.3 cm³/mol. The van der Waals surface area contributed by atoms with Crippen LogP contribution in [0.2, 0.25) is 0 Å². The second-order valence-corrected chi connectivity index (χ2v) is 7.17. The number of nitrogens with zero attached hydrogens (tertiary/aromatic N) is 2. The summed E-state index contributed by atoms with van der Waals surface area (Å²) in [6.45, 7) is 0.0810. The molecule has 3 saturated heterocycles. The predicted octanol–water partition coefficient (Wildman–Crippen LogP) is -7.25. The van der Waals surface area contributed by atoms with Crippen molar-refractivity contribution in [2.24, 2.45) is 10.7 Å². The van der Waals surface area contributed by atoms with Crippen molar-refractivity contribution in [1.29, 1.82) is 0 Å². The Morgan fingerprint density at radius 3 is 3.00 bits per heavy atom. The number of ether oxygens (including phenoxy) is 1. The molecule has 12 nitrogen and oxygen atoms in total. The van der Waals surface area contributed by atoms with Crippen LogP contribution in [0.4, 0.5) is 0 Å². The van der Waals surface area contributed by atoms with Gasteiger partial charge in [-0.2, -0.15) is 0 Å². The van der Waals surface area contributed by atoms with E-state index in [0.29, 0.717) is 0 Å². The minimum atomic E-state index is -4.18. The van der Waals surface area contributed by atoms with Crippen molar-refractivity contribution in [3.8, 4) is 0 Å². The summed E-state index contributed by atoms with van der Waals surface area (Å²) in [6.07, 6.45) is -5.06. The zero-order valence-corrected chi connectivity index (χ0v) is 15.7. The Bertz CT molecular complexity index is 584. The number of aliphatic imine (C=N–C) groups is 1. The molecule has 0 aromatic rings. The fraction of sp³-hybridized carbons (Fsp3) is 0.900. The Hall–Kier alpha value is 0.340. The molecule has 4 heterocycles. The molecule has 4 unspecified atom stereocenters. The van der Waals surface area contributed by atoms with Crippen molar-refractivity contribution in [2.45, 2.75) is 43.0 Å². The van der Waals surface area contributed by atoms with Crippen LogP contribution in [0.1, 0.15) is 0 Å². The molecule has 0 spiro atoms. The van der Waals surface area contributed by atoms with Crippen LogP contribution in [-0.2, 0) is 18.3 Å². The van der Waals surface area contributed by atoms with E-state index >= 15 is 0 Å². The Morgan fingerprint density at radius 1 is 1.50 bits per heavy atom. The fourth-order valence-electron chi connectivity index (χ4n) is 3.31. The van der Waals surface area contributed by atoms with Crippen molar-refractivity contribution in [1.82, 2.24) is 15.5 Å². The number of nitrogens with one attached hydrogen (secondary N) is 2. The van der Waals surface area contributed by atoms with Crippen LogP contribution >= 0.6 is 7.82 Å². The Balaban J connectivity index is 0.00000169. The molecular formula is C10H17N5NaO7P. The van der Waals surface area contributed by atoms with Crippen LogP contribution < -0.4 is 51.0 Å². The van der Waals surface area contributed by atoms with Gasteiger partial charge in [-0.3, -0.25) is 30.4 Å². The molecule has 4 aliphatic rings. The molecule has 8 atom stereocenters. The van der Waals surface area contributed by atoms with Gasteiger partial charge in [0.2, 0.25) is 0 Å². The molecule has 0 aromatic carbocycles. The molecule has 3 fully saturated rings. The maximum Gasteiger partial charge on any atom is 1.00 e. The molecule has 0 aromatic heterocycles. The smallest absolute Gasteiger partial charge is 0.861 e. The van der Waals surface area contributed by atoms with Crippen molar-refractivity contribution >= 4 is 13.7 Å². The summed E-state index contributed by atoms with van der Waals surface area (Å²) in [4.78, 5) is 14.8. The number of fused-ring (bicyclic) bond motifs is 2. The van der Waals surface area contributed by atoms with Crippen LogP contribution in [0, 0.1) is 0 Å². The summed E-state index contributed by atoms with van der Waals surface area (Å²) in [5.74, 6) is -0.381. The first-order chi connectivity index (χ1) is 10.9. The van der Waals surface area contributed by atoms with Crippen LogP contribution in [0.25, 0.3) is 0 Å². The number of hydrogen-bond acceptors (Lipinski definition) is 11. The Morgan fingerprint density at radius 2 is 2.25 bits per heavy atom. The molecule has 4 aliphatic heterocycles. The van der Waals surface area contributed by atoms with Crippen LogP contribution in [-0.4, -0.2) is 77.1 Å². The second kappa shape index (κ2) is 6.82. The first-order valence-electron chi connectivity index (χ1n) is 7.10. The van der Waals surface area contributed by atoms with Gasteiger partial charge in [-0.25, -0.2) is 9.46 Å². The molecule has 0 aliphatic carbocycles. The van der Waals surface area contributed by atoms with E-state index in [0.717, 1.165) is 0 Å². The number of hydrogen-bond donors (Lipinski definition) is 5. The molecule has 0 amide bonds. The van der Waals surface area contributed by atoms with Gasteiger partial charge in [0.25, 0.3) is 0 Å². The molecular weight excluding hydrogens is 356 g/mol. The van der Waals surface area contributed by atoms with Crippen molar-refractivity contribution in [2.75, 3.05) is 13.3 Å². The molecule has 24 heavy (non-hydrogen) atoms. The van der Waals surface area contributed by atoms with E-state index in [4.69, 9.17) is 19.5 Å². The second-order valence-electron chi connectivity index (χ2n) is 5.77. The van der Waals surface area contributed by atoms with E-state index in [1.807, 2.05) is 0 Å². The average Bonchev–Trinajstić information content (AvgIpc) is 3.00. The fourth-order valence-corrected chi connectivity index (χ4v) is 4.27. The van der Waals surface area contributed by atoms with E-state index < -0.39 is 50.9 Å². The third-order valence-electron chi connectivity index (χ3n) is 4.33. The van der Waals surface area contributed by atoms with Crippen LogP contribution in [0.3, 0.4) is 0 Å². The molecule has 0 saturated carbocycles. The SMILES string of the molecule is NC1N=C([O-])C2NCN([C@@H]3O[C@@H]4COP(=O)(O)O[C@H]4[C@H]3O)C2N1.[Na+]. The van der Waals surface area contributed by atoms with Gasteiger partial charge in [-0.05, 0) is 5.90 Å². The number of aliphatic hydroxyl groups is 1. The van der Waals surface area contributed by atoms with Gasteiger partial charge in [0, 0.05) is 0 Å². The van der Waals surface area contributed by atoms with Gasteiger partial charge in [0.15, 0.2) is 6.29 Å². The first kappa shape index (κ1) is 19.1. The first-order valence-corrected chi connectivity index (χ1v) is 8.60. The number of phosphoric ester groups is 1. The summed E-state index contributed by atoms with van der Waals surface area (Å²) in [6, 6.07) is -0.602. The molecule has 130 valence electrons. The summed E-state index contributed by atoms with van der Waals surface area (Å²) in [5, 5.41) is 28.2. The van der Waals surface area contributed by atoms with Gasteiger partial charge in [0.05, 0.1) is 25.5 Å². The Kier molecular flexibility index (Phi) is 5.43. The molecule has 0 radical (unpaired) electrons.